The van der Waals surface area contributed by atoms with Crippen molar-refractivity contribution in [1.29, 1.82) is 0 Å². The molecule has 0 spiro atoms. The number of carbonyl (C=O) groups excluding carboxylic acids is 1. The molecule has 92 valence electrons. The molecule has 1 aromatic rings. The van der Waals surface area contributed by atoms with Crippen molar-refractivity contribution in [2.45, 2.75) is 19.4 Å². The minimum Gasteiger partial charge on any atom is -0.480 e. The summed E-state index contributed by atoms with van der Waals surface area (Å²) in [6, 6.07) is 2.61. The van der Waals surface area contributed by atoms with E-state index in [1.807, 2.05) is 0 Å². The van der Waals surface area contributed by atoms with Gasteiger partial charge >= 0.3 is 5.97 Å². The van der Waals surface area contributed by atoms with Crippen LogP contribution in [-0.2, 0) is 11.8 Å². The Morgan fingerprint density at radius 3 is 2.41 bits per heavy atom. The van der Waals surface area contributed by atoms with Gasteiger partial charge in [0.05, 0.1) is 5.56 Å². The quantitative estimate of drug-likeness (QED) is 0.774. The van der Waals surface area contributed by atoms with E-state index in [0.29, 0.717) is 0 Å². The van der Waals surface area contributed by atoms with Crippen molar-refractivity contribution >= 4 is 11.9 Å². The van der Waals surface area contributed by atoms with Crippen molar-refractivity contribution in [2.75, 3.05) is 0 Å². The van der Waals surface area contributed by atoms with E-state index >= 15 is 0 Å². The number of carboxylic acids is 1. The molecule has 0 aromatic carbocycles. The number of pyridine rings is 1. The second kappa shape index (κ2) is 4.40. The fraction of sp³-hybridized carbons (Fsp3) is 0.364. The molecule has 0 aliphatic carbocycles. The Morgan fingerprint density at radius 2 is 1.94 bits per heavy atom. The number of amides is 1. The van der Waals surface area contributed by atoms with Crippen LogP contribution in [0.5, 0.6) is 0 Å². The van der Waals surface area contributed by atoms with Crippen LogP contribution in [-0.4, -0.2) is 27.1 Å². The maximum absolute atomic E-state index is 11.7. The molecule has 1 heterocycles. The van der Waals surface area contributed by atoms with E-state index in [2.05, 4.69) is 5.32 Å². The highest BCUT2D eigenvalue weighted by molar-refractivity contribution is 5.97. The van der Waals surface area contributed by atoms with Gasteiger partial charge in [-0.3, -0.25) is 9.59 Å². The number of aryl methyl sites for hydroxylation is 1. The summed E-state index contributed by atoms with van der Waals surface area (Å²) in [5.74, 6) is -1.66. The van der Waals surface area contributed by atoms with Gasteiger partial charge in [-0.1, -0.05) is 0 Å². The monoisotopic (exact) mass is 238 g/mol. The number of hydrogen-bond acceptors (Lipinski definition) is 3. The number of nitrogens with zero attached hydrogens (tertiary/aromatic N) is 1. The van der Waals surface area contributed by atoms with E-state index in [1.165, 1.54) is 43.8 Å². The molecular formula is C11H14N2O4. The molecule has 17 heavy (non-hydrogen) atoms. The third-order valence-corrected chi connectivity index (χ3v) is 2.31. The van der Waals surface area contributed by atoms with Crippen LogP contribution >= 0.6 is 0 Å². The first-order valence-corrected chi connectivity index (χ1v) is 4.96. The Morgan fingerprint density at radius 1 is 1.35 bits per heavy atom. The van der Waals surface area contributed by atoms with Crippen LogP contribution in [0.4, 0.5) is 0 Å². The van der Waals surface area contributed by atoms with E-state index in [4.69, 9.17) is 5.11 Å². The molecule has 0 unspecified atom stereocenters. The van der Waals surface area contributed by atoms with Gasteiger partial charge in [-0.25, -0.2) is 4.79 Å². The van der Waals surface area contributed by atoms with Gasteiger partial charge in [0.2, 0.25) is 5.56 Å². The summed E-state index contributed by atoms with van der Waals surface area (Å²) < 4.78 is 1.25. The molecular weight excluding hydrogens is 224 g/mol. The topological polar surface area (TPSA) is 88.4 Å². The Kier molecular flexibility index (Phi) is 3.36. The fourth-order valence-corrected chi connectivity index (χ4v) is 1.14. The Labute approximate surface area is 97.9 Å². The fourth-order valence-electron chi connectivity index (χ4n) is 1.14. The molecule has 0 bridgehead atoms. The van der Waals surface area contributed by atoms with Crippen LogP contribution in [0.1, 0.15) is 24.2 Å². The first-order chi connectivity index (χ1) is 7.74. The van der Waals surface area contributed by atoms with E-state index < -0.39 is 17.4 Å². The second-order valence-electron chi connectivity index (χ2n) is 4.25. The Hall–Kier alpha value is -2.11. The molecule has 6 heteroatoms. The van der Waals surface area contributed by atoms with Crippen LogP contribution in [0.2, 0.25) is 0 Å². The van der Waals surface area contributed by atoms with Crippen LogP contribution < -0.4 is 10.9 Å². The van der Waals surface area contributed by atoms with Gasteiger partial charge in [-0.15, -0.1) is 0 Å². The maximum atomic E-state index is 11.7. The first-order valence-electron chi connectivity index (χ1n) is 4.96. The number of carbonyl (C=O) groups is 2. The molecule has 0 atom stereocenters. The molecule has 6 nitrogen and oxygen atoms in total. The molecule has 0 aliphatic rings. The van der Waals surface area contributed by atoms with E-state index in [0.717, 1.165) is 0 Å². The lowest BCUT2D eigenvalue weighted by Crippen LogP contribution is -2.49. The zero-order chi connectivity index (χ0) is 13.2. The highest BCUT2D eigenvalue weighted by Gasteiger charge is 2.29. The third-order valence-electron chi connectivity index (χ3n) is 2.31. The number of carboxylic acid groups (broad SMARTS) is 1. The summed E-state index contributed by atoms with van der Waals surface area (Å²) >= 11 is 0. The summed E-state index contributed by atoms with van der Waals surface area (Å²) in [6.45, 7) is 2.77. The summed E-state index contributed by atoms with van der Waals surface area (Å²) in [5.41, 5.74) is -1.35. The van der Waals surface area contributed by atoms with Crippen LogP contribution in [0, 0.1) is 0 Å². The van der Waals surface area contributed by atoms with Crippen molar-refractivity contribution < 1.29 is 14.7 Å². The maximum Gasteiger partial charge on any atom is 0.328 e. The van der Waals surface area contributed by atoms with Crippen LogP contribution in [0.15, 0.2) is 23.1 Å². The van der Waals surface area contributed by atoms with Gasteiger partial charge in [0, 0.05) is 19.3 Å². The van der Waals surface area contributed by atoms with Crippen molar-refractivity contribution in [3.63, 3.8) is 0 Å². The average molecular weight is 238 g/mol. The van der Waals surface area contributed by atoms with Crippen molar-refractivity contribution in [3.05, 3.63) is 34.2 Å². The minimum absolute atomic E-state index is 0.237. The SMILES string of the molecule is Cn1cc(C(=O)NC(C)(C)C(=O)O)ccc1=O. The second-order valence-corrected chi connectivity index (χ2v) is 4.25. The smallest absolute Gasteiger partial charge is 0.328 e. The Bertz CT molecular complexity index is 516. The molecule has 2 N–H and O–H groups in total. The number of aliphatic carboxylic acids is 1. The molecule has 0 aliphatic heterocycles. The number of nitrogens with one attached hydrogen (secondary N) is 1. The first kappa shape index (κ1) is 13.0. The highest BCUT2D eigenvalue weighted by Crippen LogP contribution is 2.04. The summed E-state index contributed by atoms with van der Waals surface area (Å²) in [7, 11) is 1.52. The molecule has 0 radical (unpaired) electrons. The molecule has 0 saturated heterocycles. The lowest BCUT2D eigenvalue weighted by atomic mass is 10.1. The van der Waals surface area contributed by atoms with E-state index in [9.17, 15) is 14.4 Å². The molecule has 1 rings (SSSR count). The zero-order valence-corrected chi connectivity index (χ0v) is 9.85. The van der Waals surface area contributed by atoms with Gasteiger partial charge < -0.3 is 15.0 Å². The predicted octanol–water partition coefficient (Wildman–Crippen LogP) is -0.0217. The van der Waals surface area contributed by atoms with Crippen molar-refractivity contribution in [1.82, 2.24) is 9.88 Å². The summed E-state index contributed by atoms with van der Waals surface area (Å²) in [4.78, 5) is 33.7. The van der Waals surface area contributed by atoms with Crippen molar-refractivity contribution in [3.8, 4) is 0 Å². The van der Waals surface area contributed by atoms with Gasteiger partial charge in [-0.05, 0) is 19.9 Å². The lowest BCUT2D eigenvalue weighted by Gasteiger charge is -2.20. The van der Waals surface area contributed by atoms with Gasteiger partial charge in [-0.2, -0.15) is 0 Å². The number of aromatic nitrogens is 1. The standard InChI is InChI=1S/C11H14N2O4/c1-11(2,10(16)17)12-9(15)7-4-5-8(14)13(3)6-7/h4-6H,1-3H3,(H,12,15)(H,16,17). The lowest BCUT2D eigenvalue weighted by molar-refractivity contribution is -0.143. The molecule has 1 aromatic heterocycles. The van der Waals surface area contributed by atoms with E-state index in [-0.39, 0.29) is 11.1 Å². The minimum atomic E-state index is -1.36. The Balaban J connectivity index is 2.95. The number of rotatable bonds is 3. The van der Waals surface area contributed by atoms with Gasteiger partial charge in [0.25, 0.3) is 5.91 Å². The molecule has 0 saturated carbocycles. The average Bonchev–Trinajstić information content (AvgIpc) is 2.21. The predicted molar refractivity (Wildman–Crippen MR) is 60.9 cm³/mol. The zero-order valence-electron chi connectivity index (χ0n) is 9.85. The van der Waals surface area contributed by atoms with E-state index in [1.54, 1.807) is 0 Å². The third kappa shape index (κ3) is 2.93. The highest BCUT2D eigenvalue weighted by atomic mass is 16.4. The van der Waals surface area contributed by atoms with Crippen LogP contribution in [0.3, 0.4) is 0 Å². The normalized spacial score (nSPS) is 11.0. The molecule has 1 amide bonds. The van der Waals surface area contributed by atoms with Gasteiger partial charge in [0.1, 0.15) is 5.54 Å². The largest absolute Gasteiger partial charge is 0.480 e. The van der Waals surface area contributed by atoms with Crippen LogP contribution in [0.25, 0.3) is 0 Å². The number of hydrogen-bond donors (Lipinski definition) is 2. The van der Waals surface area contributed by atoms with Crippen molar-refractivity contribution in [2.24, 2.45) is 7.05 Å². The van der Waals surface area contributed by atoms with Gasteiger partial charge in [0.15, 0.2) is 0 Å². The molecule has 0 fully saturated rings. The summed E-state index contributed by atoms with van der Waals surface area (Å²) in [6.07, 6.45) is 1.36. The summed E-state index contributed by atoms with van der Waals surface area (Å²) in [5, 5.41) is 11.2.